The van der Waals surface area contributed by atoms with Gasteiger partial charge < -0.3 is 14.6 Å². The number of carbonyl (C=O) groups excluding carboxylic acids is 1. The highest BCUT2D eigenvalue weighted by atomic mass is 32.2. The molecular formula is C19H25N3O4S. The molecule has 1 saturated heterocycles. The first-order valence-corrected chi connectivity index (χ1v) is 10.5. The Hall–Kier alpha value is -2.48. The first kappa shape index (κ1) is 19.3. The molecule has 1 aliphatic heterocycles. The molecule has 0 unspecified atom stereocenters. The molecule has 2 N–H and O–H groups in total. The lowest BCUT2D eigenvalue weighted by atomic mass is 10.1. The number of nitrogens with one attached hydrogen (secondary N) is 2. The molecule has 1 aromatic heterocycles. The van der Waals surface area contributed by atoms with Gasteiger partial charge in [-0.15, -0.1) is 0 Å². The third kappa shape index (κ3) is 3.95. The third-order valence-corrected chi connectivity index (χ3v) is 6.34. The van der Waals surface area contributed by atoms with Gasteiger partial charge in [0.15, 0.2) is 0 Å². The maximum atomic E-state index is 13.1. The Balaban J connectivity index is 1.95. The predicted octanol–water partition coefficient (Wildman–Crippen LogP) is 3.07. The van der Waals surface area contributed by atoms with Gasteiger partial charge in [0.25, 0.3) is 15.9 Å². The largest absolute Gasteiger partial charge is 0.497 e. The average Bonchev–Trinajstić information content (AvgIpc) is 2.97. The van der Waals surface area contributed by atoms with Crippen molar-refractivity contribution >= 4 is 21.6 Å². The lowest BCUT2D eigenvalue weighted by Crippen LogP contribution is -2.36. The molecule has 1 fully saturated rings. The highest BCUT2D eigenvalue weighted by molar-refractivity contribution is 7.92. The molecule has 0 radical (unpaired) electrons. The molecule has 1 aromatic carbocycles. The number of aromatic nitrogens is 1. The number of anilines is 1. The van der Waals surface area contributed by atoms with Crippen LogP contribution in [0.15, 0.2) is 29.2 Å². The molecular weight excluding hydrogens is 366 g/mol. The van der Waals surface area contributed by atoms with Crippen LogP contribution >= 0.6 is 0 Å². The van der Waals surface area contributed by atoms with E-state index < -0.39 is 10.0 Å². The van der Waals surface area contributed by atoms with Gasteiger partial charge in [-0.25, -0.2) is 8.42 Å². The number of hydrogen-bond donors (Lipinski definition) is 2. The van der Waals surface area contributed by atoms with Crippen molar-refractivity contribution in [2.75, 3.05) is 24.9 Å². The van der Waals surface area contributed by atoms with E-state index in [9.17, 15) is 13.2 Å². The zero-order valence-corrected chi connectivity index (χ0v) is 16.6. The lowest BCUT2D eigenvalue weighted by molar-refractivity contribution is 0.0720. The van der Waals surface area contributed by atoms with Crippen LogP contribution in [0.2, 0.25) is 0 Å². The number of hydrogen-bond acceptors (Lipinski definition) is 4. The number of nitrogens with zero attached hydrogens (tertiary/aromatic N) is 1. The van der Waals surface area contributed by atoms with E-state index in [-0.39, 0.29) is 16.4 Å². The number of rotatable bonds is 5. The van der Waals surface area contributed by atoms with Gasteiger partial charge in [-0.2, -0.15) is 0 Å². The van der Waals surface area contributed by atoms with Crippen molar-refractivity contribution in [3.05, 3.63) is 41.2 Å². The van der Waals surface area contributed by atoms with E-state index in [1.54, 1.807) is 50.1 Å². The van der Waals surface area contributed by atoms with Crippen LogP contribution in [-0.2, 0) is 10.0 Å². The molecule has 1 amide bonds. The minimum absolute atomic E-state index is 0.0198. The minimum Gasteiger partial charge on any atom is -0.497 e. The molecule has 1 aliphatic rings. The number of methoxy groups -OCH3 is 1. The molecule has 7 nitrogen and oxygen atoms in total. The van der Waals surface area contributed by atoms with Crippen molar-refractivity contribution in [2.24, 2.45) is 0 Å². The Morgan fingerprint density at radius 3 is 2.30 bits per heavy atom. The standard InChI is InChI=1S/C19H25N3O4S/c1-13-17(19(23)22-11-5-4-6-12-22)18(14(2)20-13)27(24,25)21-15-7-9-16(26-3)10-8-15/h7-10,20-21H,4-6,11-12H2,1-3H3. The maximum absolute atomic E-state index is 13.1. The predicted molar refractivity (Wildman–Crippen MR) is 104 cm³/mol. The first-order valence-electron chi connectivity index (χ1n) is 8.99. The van der Waals surface area contributed by atoms with E-state index in [1.807, 2.05) is 0 Å². The van der Waals surface area contributed by atoms with Crippen molar-refractivity contribution in [1.82, 2.24) is 9.88 Å². The molecule has 146 valence electrons. The molecule has 0 atom stereocenters. The quantitative estimate of drug-likeness (QED) is 0.819. The summed E-state index contributed by atoms with van der Waals surface area (Å²) in [6.45, 7) is 4.72. The van der Waals surface area contributed by atoms with E-state index >= 15 is 0 Å². The number of aromatic amines is 1. The Labute approximate surface area is 159 Å². The van der Waals surface area contributed by atoms with Crippen molar-refractivity contribution in [3.8, 4) is 5.75 Å². The van der Waals surface area contributed by atoms with Gasteiger partial charge >= 0.3 is 0 Å². The van der Waals surface area contributed by atoms with E-state index in [1.165, 1.54) is 0 Å². The van der Waals surface area contributed by atoms with Gasteiger partial charge in [-0.1, -0.05) is 0 Å². The van der Waals surface area contributed by atoms with E-state index in [4.69, 9.17) is 4.74 Å². The fourth-order valence-electron chi connectivity index (χ4n) is 3.47. The number of amides is 1. The average molecular weight is 391 g/mol. The second-order valence-electron chi connectivity index (χ2n) is 6.77. The zero-order valence-electron chi connectivity index (χ0n) is 15.8. The number of benzene rings is 1. The number of sulfonamides is 1. The fourth-order valence-corrected chi connectivity index (χ4v) is 4.98. The van der Waals surface area contributed by atoms with E-state index in [2.05, 4.69) is 9.71 Å². The molecule has 27 heavy (non-hydrogen) atoms. The Bertz CT molecular complexity index is 927. The summed E-state index contributed by atoms with van der Waals surface area (Å²) in [7, 11) is -2.38. The summed E-state index contributed by atoms with van der Waals surface area (Å²) in [6, 6.07) is 6.59. The lowest BCUT2D eigenvalue weighted by Gasteiger charge is -2.27. The van der Waals surface area contributed by atoms with E-state index in [0.717, 1.165) is 19.3 Å². The molecule has 0 bridgehead atoms. The molecule has 2 heterocycles. The van der Waals surface area contributed by atoms with Crippen LogP contribution in [0.1, 0.15) is 41.0 Å². The highest BCUT2D eigenvalue weighted by Gasteiger charge is 2.32. The highest BCUT2D eigenvalue weighted by Crippen LogP contribution is 2.28. The summed E-state index contributed by atoms with van der Waals surface area (Å²) >= 11 is 0. The van der Waals surface area contributed by atoms with Crippen LogP contribution in [0, 0.1) is 13.8 Å². The van der Waals surface area contributed by atoms with Gasteiger partial charge in [-0.3, -0.25) is 9.52 Å². The SMILES string of the molecule is COc1ccc(NS(=O)(=O)c2c(C)[nH]c(C)c2C(=O)N2CCCCC2)cc1. The van der Waals surface area contributed by atoms with Crippen molar-refractivity contribution < 1.29 is 17.9 Å². The van der Waals surface area contributed by atoms with Gasteiger partial charge in [0.05, 0.1) is 12.7 Å². The van der Waals surface area contributed by atoms with Gasteiger partial charge in [0.1, 0.15) is 10.6 Å². The smallest absolute Gasteiger partial charge is 0.264 e. The summed E-state index contributed by atoms with van der Waals surface area (Å²) in [6.07, 6.45) is 2.99. The summed E-state index contributed by atoms with van der Waals surface area (Å²) in [5.41, 5.74) is 1.66. The second kappa shape index (κ2) is 7.64. The number of H-pyrrole nitrogens is 1. The summed E-state index contributed by atoms with van der Waals surface area (Å²) in [5.74, 6) is 0.402. The van der Waals surface area contributed by atoms with Crippen LogP contribution < -0.4 is 9.46 Å². The van der Waals surface area contributed by atoms with Crippen molar-refractivity contribution in [3.63, 3.8) is 0 Å². The third-order valence-electron chi connectivity index (χ3n) is 4.79. The Morgan fingerprint density at radius 1 is 1.07 bits per heavy atom. The fraction of sp³-hybridized carbons (Fsp3) is 0.421. The van der Waals surface area contributed by atoms with Crippen LogP contribution in [0.5, 0.6) is 5.75 Å². The van der Waals surface area contributed by atoms with Crippen molar-refractivity contribution in [2.45, 2.75) is 38.0 Å². The van der Waals surface area contributed by atoms with Gasteiger partial charge in [0, 0.05) is 30.2 Å². The van der Waals surface area contributed by atoms with Crippen LogP contribution in [-0.4, -0.2) is 44.4 Å². The molecule has 0 saturated carbocycles. The van der Waals surface area contributed by atoms with Crippen LogP contribution in [0.4, 0.5) is 5.69 Å². The summed E-state index contributed by atoms with van der Waals surface area (Å²) in [5, 5.41) is 0. The number of carbonyl (C=O) groups is 1. The number of ether oxygens (including phenoxy) is 1. The minimum atomic E-state index is -3.93. The molecule has 8 heteroatoms. The first-order chi connectivity index (χ1) is 12.8. The molecule has 0 spiro atoms. The zero-order chi connectivity index (χ0) is 19.6. The number of piperidine rings is 1. The molecule has 0 aliphatic carbocycles. The molecule has 3 rings (SSSR count). The topological polar surface area (TPSA) is 91.5 Å². The maximum Gasteiger partial charge on any atom is 0.264 e. The summed E-state index contributed by atoms with van der Waals surface area (Å²) in [4.78, 5) is 17.8. The number of likely N-dealkylation sites (tertiary alicyclic amines) is 1. The Kier molecular flexibility index (Phi) is 5.46. The van der Waals surface area contributed by atoms with Crippen LogP contribution in [0.3, 0.4) is 0 Å². The molecule has 2 aromatic rings. The van der Waals surface area contributed by atoms with Crippen LogP contribution in [0.25, 0.3) is 0 Å². The summed E-state index contributed by atoms with van der Waals surface area (Å²) < 4.78 is 33.8. The number of aryl methyl sites for hydroxylation is 2. The van der Waals surface area contributed by atoms with Crippen molar-refractivity contribution in [1.29, 1.82) is 0 Å². The monoisotopic (exact) mass is 391 g/mol. The Morgan fingerprint density at radius 2 is 1.70 bits per heavy atom. The van der Waals surface area contributed by atoms with Gasteiger partial charge in [0.2, 0.25) is 0 Å². The second-order valence-corrected chi connectivity index (χ2v) is 8.39. The van der Waals surface area contributed by atoms with Gasteiger partial charge in [-0.05, 0) is 57.4 Å². The normalized spacial score (nSPS) is 14.9. The van der Waals surface area contributed by atoms with E-state index in [0.29, 0.717) is 35.9 Å².